The van der Waals surface area contributed by atoms with E-state index in [0.29, 0.717) is 6.04 Å². The summed E-state index contributed by atoms with van der Waals surface area (Å²) in [6.07, 6.45) is 6.19. The molecule has 1 N–H and O–H groups in total. The maximum atomic E-state index is 4.57. The number of hydrogen-bond donors (Lipinski definition) is 1. The molecule has 0 spiro atoms. The zero-order valence-electron chi connectivity index (χ0n) is 12.5. The molecule has 0 bridgehead atoms. The second-order valence-corrected chi connectivity index (χ2v) is 5.76. The third-order valence-corrected chi connectivity index (χ3v) is 4.63. The molecule has 1 aliphatic heterocycles. The van der Waals surface area contributed by atoms with Crippen molar-refractivity contribution in [3.63, 3.8) is 0 Å². The summed E-state index contributed by atoms with van der Waals surface area (Å²) in [6, 6.07) is 2.62. The highest BCUT2D eigenvalue weighted by atomic mass is 15.2. The van der Waals surface area contributed by atoms with E-state index in [2.05, 4.69) is 31.7 Å². The van der Waals surface area contributed by atoms with Gasteiger partial charge in [-0.3, -0.25) is 0 Å². The van der Waals surface area contributed by atoms with E-state index >= 15 is 0 Å². The summed E-state index contributed by atoms with van der Waals surface area (Å²) in [5.74, 6) is 1.80. The summed E-state index contributed by atoms with van der Waals surface area (Å²) >= 11 is 0. The van der Waals surface area contributed by atoms with E-state index in [4.69, 9.17) is 0 Å². The number of imidazole rings is 1. The Bertz CT molecular complexity index is 583. The van der Waals surface area contributed by atoms with Gasteiger partial charge in [-0.1, -0.05) is 0 Å². The minimum Gasteiger partial charge on any atom is -0.355 e. The van der Waals surface area contributed by atoms with E-state index in [-0.39, 0.29) is 0 Å². The van der Waals surface area contributed by atoms with E-state index in [1.807, 2.05) is 32.7 Å². The number of pyridine rings is 1. The molecule has 5 nitrogen and oxygen atoms in total. The van der Waals surface area contributed by atoms with Crippen LogP contribution >= 0.6 is 0 Å². The quantitative estimate of drug-likeness (QED) is 0.926. The Balaban J connectivity index is 1.80. The lowest BCUT2D eigenvalue weighted by molar-refractivity contribution is 0.323. The number of hydrogen-bond acceptors (Lipinski definition) is 4. The molecule has 20 heavy (non-hydrogen) atoms. The van der Waals surface area contributed by atoms with Crippen LogP contribution in [0.4, 0.5) is 5.82 Å². The Labute approximate surface area is 120 Å². The molecule has 3 rings (SSSR count). The molecule has 0 aromatic carbocycles. The van der Waals surface area contributed by atoms with E-state index in [0.717, 1.165) is 35.9 Å². The van der Waals surface area contributed by atoms with Gasteiger partial charge in [-0.15, -0.1) is 0 Å². The zero-order chi connectivity index (χ0) is 14.1. The highest BCUT2D eigenvalue weighted by Gasteiger charge is 2.25. The van der Waals surface area contributed by atoms with Crippen LogP contribution in [0.1, 0.15) is 19.8 Å². The minimum absolute atomic E-state index is 0.593. The minimum atomic E-state index is 0.593. The summed E-state index contributed by atoms with van der Waals surface area (Å²) in [5.41, 5.74) is 2.18. The monoisotopic (exact) mass is 273 g/mol. The first kappa shape index (κ1) is 13.4. The molecule has 1 aliphatic rings. The molecule has 0 amide bonds. The molecule has 0 aliphatic carbocycles. The number of piperidine rings is 1. The van der Waals surface area contributed by atoms with Crippen LogP contribution < -0.4 is 10.2 Å². The molecule has 1 atom stereocenters. The molecule has 2 aromatic rings. The lowest BCUT2D eigenvalue weighted by Gasteiger charge is -2.35. The summed E-state index contributed by atoms with van der Waals surface area (Å²) in [4.78, 5) is 11.5. The first-order valence-corrected chi connectivity index (χ1v) is 7.39. The van der Waals surface area contributed by atoms with Gasteiger partial charge in [0.15, 0.2) is 5.82 Å². The molecule has 0 saturated carbocycles. The Kier molecular flexibility index (Phi) is 3.61. The Morgan fingerprint density at radius 3 is 2.75 bits per heavy atom. The Hall–Kier alpha value is -1.62. The van der Waals surface area contributed by atoms with Gasteiger partial charge >= 0.3 is 0 Å². The van der Waals surface area contributed by atoms with Gasteiger partial charge in [0.25, 0.3) is 0 Å². The third-order valence-electron chi connectivity index (χ3n) is 4.63. The smallest absolute Gasteiger partial charge is 0.156 e. The number of rotatable bonds is 3. The van der Waals surface area contributed by atoms with Crippen molar-refractivity contribution in [1.82, 2.24) is 19.9 Å². The van der Waals surface area contributed by atoms with Crippen LogP contribution in [0.5, 0.6) is 0 Å². The van der Waals surface area contributed by atoms with Crippen LogP contribution in [-0.2, 0) is 7.05 Å². The van der Waals surface area contributed by atoms with Crippen LogP contribution in [0, 0.1) is 5.92 Å². The van der Waals surface area contributed by atoms with Crippen LogP contribution in [-0.4, -0.2) is 40.7 Å². The fourth-order valence-corrected chi connectivity index (χ4v) is 3.13. The average molecular weight is 273 g/mol. The van der Waals surface area contributed by atoms with Crippen LogP contribution in [0.3, 0.4) is 0 Å². The van der Waals surface area contributed by atoms with Gasteiger partial charge < -0.3 is 14.8 Å². The predicted octanol–water partition coefficient (Wildman–Crippen LogP) is 1.79. The molecule has 3 heterocycles. The first-order valence-electron chi connectivity index (χ1n) is 7.39. The first-order chi connectivity index (χ1) is 9.70. The lowest BCUT2D eigenvalue weighted by Crippen LogP contribution is -2.41. The molecule has 5 heteroatoms. The number of nitrogens with zero attached hydrogens (tertiary/aromatic N) is 4. The summed E-state index contributed by atoms with van der Waals surface area (Å²) < 4.78 is 2.05. The lowest BCUT2D eigenvalue weighted by atomic mass is 9.90. The summed E-state index contributed by atoms with van der Waals surface area (Å²) in [6.45, 7) is 4.41. The number of fused-ring (bicyclic) bond motifs is 1. The van der Waals surface area contributed by atoms with Crippen molar-refractivity contribution >= 4 is 16.9 Å². The van der Waals surface area contributed by atoms with Crippen molar-refractivity contribution in [3.8, 4) is 0 Å². The molecule has 1 saturated heterocycles. The molecular formula is C15H23N5. The number of anilines is 1. The predicted molar refractivity (Wildman–Crippen MR) is 82.0 cm³/mol. The van der Waals surface area contributed by atoms with Crippen molar-refractivity contribution in [2.75, 3.05) is 25.0 Å². The molecule has 0 radical (unpaired) electrons. The maximum absolute atomic E-state index is 4.57. The zero-order valence-corrected chi connectivity index (χ0v) is 12.5. The van der Waals surface area contributed by atoms with Gasteiger partial charge in [0.05, 0.1) is 11.8 Å². The van der Waals surface area contributed by atoms with Gasteiger partial charge in [0, 0.05) is 32.4 Å². The van der Waals surface area contributed by atoms with Gasteiger partial charge in [0.1, 0.15) is 5.52 Å². The Morgan fingerprint density at radius 1 is 1.30 bits per heavy atom. The van der Waals surface area contributed by atoms with Crippen LogP contribution in [0.25, 0.3) is 11.0 Å². The largest absolute Gasteiger partial charge is 0.355 e. The van der Waals surface area contributed by atoms with Crippen molar-refractivity contribution < 1.29 is 0 Å². The van der Waals surface area contributed by atoms with Gasteiger partial charge in [-0.2, -0.15) is 0 Å². The molecule has 1 unspecified atom stereocenters. The van der Waals surface area contributed by atoms with Gasteiger partial charge in [-0.25, -0.2) is 9.97 Å². The molecular weight excluding hydrogens is 250 g/mol. The summed E-state index contributed by atoms with van der Waals surface area (Å²) in [5, 5.41) is 3.37. The average Bonchev–Trinajstić information content (AvgIpc) is 2.88. The third kappa shape index (κ3) is 2.26. The summed E-state index contributed by atoms with van der Waals surface area (Å²) in [7, 11) is 4.08. The number of aryl methyl sites for hydroxylation is 1. The van der Waals surface area contributed by atoms with Crippen molar-refractivity contribution in [2.45, 2.75) is 25.8 Å². The Morgan fingerprint density at radius 2 is 2.05 bits per heavy atom. The second-order valence-electron chi connectivity index (χ2n) is 5.76. The standard InChI is InChI=1S/C15H23N5/c1-11(16-2)12-5-8-20(9-6-12)15-14-13(4-7-17-15)19(3)10-18-14/h4,7,10-12,16H,5-6,8-9H2,1-3H3. The topological polar surface area (TPSA) is 46.0 Å². The van der Waals surface area contributed by atoms with Crippen LogP contribution in [0.2, 0.25) is 0 Å². The maximum Gasteiger partial charge on any atom is 0.156 e. The molecule has 108 valence electrons. The fourth-order valence-electron chi connectivity index (χ4n) is 3.13. The molecule has 1 fully saturated rings. The highest BCUT2D eigenvalue weighted by Crippen LogP contribution is 2.28. The van der Waals surface area contributed by atoms with Crippen molar-refractivity contribution in [1.29, 1.82) is 0 Å². The SMILES string of the molecule is CNC(C)C1CCN(c2nccc3c2ncn3C)CC1. The number of nitrogens with one attached hydrogen (secondary N) is 1. The molecule has 2 aromatic heterocycles. The van der Waals surface area contributed by atoms with E-state index < -0.39 is 0 Å². The normalized spacial score (nSPS) is 18.6. The van der Waals surface area contributed by atoms with Crippen molar-refractivity contribution in [3.05, 3.63) is 18.6 Å². The van der Waals surface area contributed by atoms with Gasteiger partial charge in [-0.05, 0) is 38.8 Å². The van der Waals surface area contributed by atoms with Crippen molar-refractivity contribution in [2.24, 2.45) is 13.0 Å². The highest BCUT2D eigenvalue weighted by molar-refractivity contribution is 5.86. The fraction of sp³-hybridized carbons (Fsp3) is 0.600. The van der Waals surface area contributed by atoms with E-state index in [1.165, 1.54) is 12.8 Å². The van der Waals surface area contributed by atoms with Gasteiger partial charge in [0.2, 0.25) is 0 Å². The number of aromatic nitrogens is 3. The van der Waals surface area contributed by atoms with E-state index in [9.17, 15) is 0 Å². The second kappa shape index (κ2) is 5.40. The van der Waals surface area contributed by atoms with E-state index in [1.54, 1.807) is 0 Å². The van der Waals surface area contributed by atoms with Crippen LogP contribution in [0.15, 0.2) is 18.6 Å².